The van der Waals surface area contributed by atoms with Gasteiger partial charge in [0.05, 0.1) is 4.90 Å². The quantitative estimate of drug-likeness (QED) is 0.177. The van der Waals surface area contributed by atoms with Crippen molar-refractivity contribution in [1.29, 1.82) is 0 Å². The van der Waals surface area contributed by atoms with Gasteiger partial charge in [0.25, 0.3) is 5.56 Å². The van der Waals surface area contributed by atoms with E-state index in [-0.39, 0.29) is 10.5 Å². The molecule has 0 fully saturated rings. The minimum Gasteiger partial charge on any atom is -0.457 e. The number of ether oxygens (including phenoxy) is 2. The molecule has 0 aliphatic rings. The van der Waals surface area contributed by atoms with Gasteiger partial charge < -0.3 is 24.3 Å². The van der Waals surface area contributed by atoms with Crippen LogP contribution in [-0.2, 0) is 28.2 Å². The highest BCUT2D eigenvalue weighted by Crippen LogP contribution is 2.38. The zero-order valence-electron chi connectivity index (χ0n) is 25.1. The van der Waals surface area contributed by atoms with Crippen LogP contribution < -0.4 is 20.9 Å². The summed E-state index contributed by atoms with van der Waals surface area (Å²) in [7, 11) is -1.86. The third kappa shape index (κ3) is 7.12. The first-order chi connectivity index (χ1) is 20.8. The number of hydrogen-bond acceptors (Lipinski definition) is 7. The average molecular weight is 615 g/mol. The van der Waals surface area contributed by atoms with E-state index < -0.39 is 21.5 Å². The normalized spacial score (nSPS) is 11.8. The summed E-state index contributed by atoms with van der Waals surface area (Å²) in [6.07, 6.45) is 4.00. The molecule has 3 N–H and O–H groups in total. The number of fused-ring (bicyclic) bond motifs is 1. The minimum absolute atomic E-state index is 0.139. The van der Waals surface area contributed by atoms with Gasteiger partial charge in [-0.25, -0.2) is 13.2 Å². The molecule has 228 valence electrons. The number of rotatable bonds is 8. The number of sulfone groups is 1. The summed E-state index contributed by atoms with van der Waals surface area (Å²) >= 11 is 0. The Labute approximate surface area is 255 Å². The molecule has 0 radical (unpaired) electrons. The third-order valence-electron chi connectivity index (χ3n) is 6.72. The van der Waals surface area contributed by atoms with E-state index in [9.17, 15) is 18.0 Å². The van der Waals surface area contributed by atoms with Crippen molar-refractivity contribution < 1.29 is 22.7 Å². The van der Waals surface area contributed by atoms with Gasteiger partial charge in [-0.3, -0.25) is 10.1 Å². The smallest absolute Gasteiger partial charge is 0.412 e. The molecular weight excluding hydrogens is 580 g/mol. The minimum atomic E-state index is -3.51. The zero-order chi connectivity index (χ0) is 31.6. The monoisotopic (exact) mass is 614 g/mol. The number of aromatic nitrogens is 2. The van der Waals surface area contributed by atoms with Gasteiger partial charge in [-0.2, -0.15) is 0 Å². The number of aryl methyl sites for hydroxylation is 1. The van der Waals surface area contributed by atoms with Crippen LogP contribution in [0.1, 0.15) is 26.3 Å². The number of nitrogens with one attached hydrogen (secondary N) is 3. The molecule has 0 bridgehead atoms. The fraction of sp³-hybridized carbons (Fsp3) is 0.212. The number of carbonyl (C=O) groups is 1. The summed E-state index contributed by atoms with van der Waals surface area (Å²) in [6, 6.07) is 21.3. The Kier molecular flexibility index (Phi) is 8.25. The van der Waals surface area contributed by atoms with Gasteiger partial charge in [-0.1, -0.05) is 18.2 Å². The molecule has 5 rings (SSSR count). The lowest BCUT2D eigenvalue weighted by Crippen LogP contribution is -2.27. The Morgan fingerprint density at radius 1 is 0.955 bits per heavy atom. The molecule has 1 amide bonds. The fourth-order valence-corrected chi connectivity index (χ4v) is 5.30. The van der Waals surface area contributed by atoms with Crippen molar-refractivity contribution >= 4 is 38.2 Å². The molecule has 2 heterocycles. The highest BCUT2D eigenvalue weighted by molar-refractivity contribution is 7.90. The molecule has 0 atom stereocenters. The van der Waals surface area contributed by atoms with Crippen LogP contribution in [0.25, 0.3) is 22.0 Å². The van der Waals surface area contributed by atoms with Gasteiger partial charge in [0.15, 0.2) is 9.84 Å². The Morgan fingerprint density at radius 3 is 2.41 bits per heavy atom. The summed E-state index contributed by atoms with van der Waals surface area (Å²) in [6.45, 7) is 5.95. The van der Waals surface area contributed by atoms with Gasteiger partial charge >= 0.3 is 6.09 Å². The van der Waals surface area contributed by atoms with Crippen LogP contribution in [0.3, 0.4) is 0 Å². The second-order valence-electron chi connectivity index (χ2n) is 11.5. The van der Waals surface area contributed by atoms with E-state index in [0.29, 0.717) is 45.8 Å². The zero-order valence-corrected chi connectivity index (χ0v) is 25.9. The molecule has 0 unspecified atom stereocenters. The maximum atomic E-state index is 12.7. The van der Waals surface area contributed by atoms with E-state index in [4.69, 9.17) is 9.47 Å². The SMILES string of the molecule is Cn1cc(-c2cc(S(C)(=O)=O)ccc2Oc2cccc(NCc3ccc(NC(=O)OC(C)(C)C)cc3)c2)c2cc[nH]c2c1=O. The van der Waals surface area contributed by atoms with Crippen molar-refractivity contribution in [3.63, 3.8) is 0 Å². The second-order valence-corrected chi connectivity index (χ2v) is 13.5. The van der Waals surface area contributed by atoms with Crippen molar-refractivity contribution in [2.75, 3.05) is 16.9 Å². The Balaban J connectivity index is 1.36. The van der Waals surface area contributed by atoms with Gasteiger partial charge in [0, 0.05) is 66.2 Å². The molecule has 0 saturated heterocycles. The van der Waals surface area contributed by atoms with Crippen LogP contribution >= 0.6 is 0 Å². The Morgan fingerprint density at radius 2 is 1.70 bits per heavy atom. The standard InChI is InChI=1S/C33H34N4O6S/c1-33(2,3)43-32(39)36-22-11-9-21(10-12-22)19-35-23-7-6-8-24(17-23)42-29-14-13-25(44(5,40)41)18-27(29)28-20-37(4)31(38)30-26(28)15-16-34-30/h6-18,20,34-35H,19H2,1-5H3,(H,36,39). The number of hydrogen-bond donors (Lipinski definition) is 3. The lowest BCUT2D eigenvalue weighted by Gasteiger charge is -2.19. The molecule has 44 heavy (non-hydrogen) atoms. The summed E-state index contributed by atoms with van der Waals surface area (Å²) in [4.78, 5) is 27.8. The summed E-state index contributed by atoms with van der Waals surface area (Å²) in [5.41, 5.74) is 3.27. The summed E-state index contributed by atoms with van der Waals surface area (Å²) < 4.78 is 37.9. The first kappa shape index (κ1) is 30.4. The number of H-pyrrole nitrogens is 1. The van der Waals surface area contributed by atoms with Crippen LogP contribution in [0.5, 0.6) is 11.5 Å². The Hall–Kier alpha value is -5.03. The highest BCUT2D eigenvalue weighted by Gasteiger charge is 2.19. The molecule has 10 nitrogen and oxygen atoms in total. The molecular formula is C33H34N4O6S. The van der Waals surface area contributed by atoms with Gasteiger partial charge in [-0.05, 0) is 74.9 Å². The first-order valence-corrected chi connectivity index (χ1v) is 15.8. The topological polar surface area (TPSA) is 132 Å². The molecule has 3 aromatic carbocycles. The highest BCUT2D eigenvalue weighted by atomic mass is 32.2. The molecule has 0 saturated carbocycles. The lowest BCUT2D eigenvalue weighted by molar-refractivity contribution is 0.0636. The molecule has 0 aliphatic heterocycles. The van der Waals surface area contributed by atoms with E-state index in [2.05, 4.69) is 15.6 Å². The third-order valence-corrected chi connectivity index (χ3v) is 7.83. The number of benzene rings is 3. The van der Waals surface area contributed by atoms with Gasteiger partial charge in [-0.15, -0.1) is 0 Å². The lowest BCUT2D eigenvalue weighted by atomic mass is 10.0. The van der Waals surface area contributed by atoms with Crippen molar-refractivity contribution in [2.24, 2.45) is 7.05 Å². The number of nitrogens with zero attached hydrogens (tertiary/aromatic N) is 1. The number of pyridine rings is 1. The van der Waals surface area contributed by atoms with E-state index in [1.54, 1.807) is 37.6 Å². The van der Waals surface area contributed by atoms with Crippen molar-refractivity contribution in [2.45, 2.75) is 37.8 Å². The number of amides is 1. The first-order valence-electron chi connectivity index (χ1n) is 13.9. The summed E-state index contributed by atoms with van der Waals surface area (Å²) in [5, 5.41) is 6.76. The van der Waals surface area contributed by atoms with E-state index in [1.807, 2.05) is 69.3 Å². The number of anilines is 2. The predicted octanol–water partition coefficient (Wildman–Crippen LogP) is 6.69. The van der Waals surface area contributed by atoms with Crippen LogP contribution in [0, 0.1) is 0 Å². The second kappa shape index (κ2) is 11.9. The largest absolute Gasteiger partial charge is 0.457 e. The summed E-state index contributed by atoms with van der Waals surface area (Å²) in [5.74, 6) is 0.971. The van der Waals surface area contributed by atoms with Crippen LogP contribution in [0.2, 0.25) is 0 Å². The maximum absolute atomic E-state index is 12.7. The number of carbonyl (C=O) groups excluding carboxylic acids is 1. The molecule has 0 spiro atoms. The molecule has 5 aromatic rings. The van der Waals surface area contributed by atoms with Crippen molar-refractivity contribution in [3.05, 3.63) is 101 Å². The van der Waals surface area contributed by atoms with E-state index in [0.717, 1.165) is 17.5 Å². The Bertz CT molecular complexity index is 2010. The van der Waals surface area contributed by atoms with Crippen LogP contribution in [-0.4, -0.2) is 35.9 Å². The molecule has 0 aliphatic carbocycles. The van der Waals surface area contributed by atoms with E-state index >= 15 is 0 Å². The predicted molar refractivity (Wildman–Crippen MR) is 172 cm³/mol. The molecule has 11 heteroatoms. The number of aromatic amines is 1. The average Bonchev–Trinajstić information content (AvgIpc) is 3.44. The maximum Gasteiger partial charge on any atom is 0.412 e. The fourth-order valence-electron chi connectivity index (χ4n) is 4.65. The van der Waals surface area contributed by atoms with Gasteiger partial charge in [0.1, 0.15) is 22.6 Å². The van der Waals surface area contributed by atoms with E-state index in [1.165, 1.54) is 10.6 Å². The van der Waals surface area contributed by atoms with Crippen molar-refractivity contribution in [3.8, 4) is 22.6 Å². The van der Waals surface area contributed by atoms with Crippen LogP contribution in [0.15, 0.2) is 94.9 Å². The van der Waals surface area contributed by atoms with Crippen molar-refractivity contribution in [1.82, 2.24) is 9.55 Å². The van der Waals surface area contributed by atoms with Crippen LogP contribution in [0.4, 0.5) is 16.2 Å². The molecule has 2 aromatic heterocycles. The van der Waals surface area contributed by atoms with Gasteiger partial charge in [0.2, 0.25) is 0 Å².